The highest BCUT2D eigenvalue weighted by Gasteiger charge is 2.31. The van der Waals surface area contributed by atoms with Crippen LogP contribution < -0.4 is 5.32 Å². The highest BCUT2D eigenvalue weighted by atomic mass is 32.2. The van der Waals surface area contributed by atoms with E-state index in [1.54, 1.807) is 0 Å². The molecule has 0 radical (unpaired) electrons. The third kappa shape index (κ3) is 4.37. The van der Waals surface area contributed by atoms with E-state index in [1.165, 1.54) is 0 Å². The fourth-order valence-corrected chi connectivity index (χ4v) is 2.45. The van der Waals surface area contributed by atoms with Gasteiger partial charge in [-0.3, -0.25) is 0 Å². The Balaban J connectivity index is 2.47. The Morgan fingerprint density at radius 3 is 2.71 bits per heavy atom. The van der Waals surface area contributed by atoms with E-state index < -0.39 is 15.5 Å². The van der Waals surface area contributed by atoms with E-state index in [4.69, 9.17) is 0 Å². The molecule has 1 aliphatic heterocycles. The molecule has 5 heteroatoms. The Morgan fingerprint density at radius 2 is 2.07 bits per heavy atom. The number of rotatable bonds is 3. The summed E-state index contributed by atoms with van der Waals surface area (Å²) in [6.07, 6.45) is 3.01. The maximum Gasteiger partial charge on any atom is 0.147 e. The lowest BCUT2D eigenvalue weighted by molar-refractivity contribution is 0.140. The minimum absolute atomic E-state index is 0.0382. The average molecular weight is 223 g/mol. The monoisotopic (exact) mass is 223 g/mol. The Morgan fingerprint density at radius 1 is 1.36 bits per heavy atom. The van der Waals surface area contributed by atoms with Crippen molar-refractivity contribution in [1.82, 2.24) is 5.32 Å². The van der Waals surface area contributed by atoms with Gasteiger partial charge in [0, 0.05) is 6.26 Å². The molecule has 1 saturated heterocycles. The fraction of sp³-hybridized carbons (Fsp3) is 1.00. The topological polar surface area (TPSA) is 46.2 Å². The highest BCUT2D eigenvalue weighted by Crippen LogP contribution is 2.28. The summed E-state index contributed by atoms with van der Waals surface area (Å²) in [6.45, 7) is 1.49. The molecule has 14 heavy (non-hydrogen) atoms. The zero-order chi connectivity index (χ0) is 10.7. The van der Waals surface area contributed by atoms with Gasteiger partial charge in [-0.1, -0.05) is 0 Å². The molecule has 3 nitrogen and oxygen atoms in total. The number of sulfone groups is 1. The van der Waals surface area contributed by atoms with Crippen LogP contribution in [-0.2, 0) is 9.84 Å². The molecule has 0 spiro atoms. The molecule has 0 amide bonds. The second-order valence-corrected chi connectivity index (χ2v) is 6.39. The van der Waals surface area contributed by atoms with Gasteiger partial charge in [-0.25, -0.2) is 12.8 Å². The minimum atomic E-state index is -3.03. The van der Waals surface area contributed by atoms with Gasteiger partial charge in [0.1, 0.15) is 15.5 Å². The van der Waals surface area contributed by atoms with Crippen molar-refractivity contribution in [2.45, 2.75) is 31.4 Å². The maximum atomic E-state index is 14.1. The Labute approximate surface area is 85.0 Å². The Hall–Kier alpha value is -0.160. The fourth-order valence-electron chi connectivity index (χ4n) is 1.71. The van der Waals surface area contributed by atoms with Gasteiger partial charge in [-0.2, -0.15) is 0 Å². The summed E-state index contributed by atoms with van der Waals surface area (Å²) in [5.41, 5.74) is -1.27. The summed E-state index contributed by atoms with van der Waals surface area (Å²) < 4.78 is 35.9. The number of hydrogen-bond acceptors (Lipinski definition) is 3. The predicted molar refractivity (Wildman–Crippen MR) is 54.9 cm³/mol. The molecule has 1 fully saturated rings. The summed E-state index contributed by atoms with van der Waals surface area (Å²) >= 11 is 0. The molecule has 0 aliphatic carbocycles. The predicted octanol–water partition coefficient (Wildman–Crippen LogP) is 0.903. The molecule has 0 bridgehead atoms. The molecule has 0 saturated carbocycles. The Kier molecular flexibility index (Phi) is 3.89. The third-order valence-corrected chi connectivity index (χ3v) is 3.59. The van der Waals surface area contributed by atoms with Crippen LogP contribution in [0.25, 0.3) is 0 Å². The van der Waals surface area contributed by atoms with Crippen molar-refractivity contribution < 1.29 is 12.8 Å². The van der Waals surface area contributed by atoms with Gasteiger partial charge in [-0.15, -0.1) is 0 Å². The molecule has 1 rings (SSSR count). The molecule has 0 aromatic carbocycles. The lowest BCUT2D eigenvalue weighted by Crippen LogP contribution is -2.27. The second kappa shape index (κ2) is 4.57. The molecule has 1 atom stereocenters. The Bertz CT molecular complexity index is 269. The number of nitrogens with one attached hydrogen (secondary N) is 1. The average Bonchev–Trinajstić information content (AvgIpc) is 2.27. The number of alkyl halides is 1. The van der Waals surface area contributed by atoms with Crippen LogP contribution >= 0.6 is 0 Å². The molecule has 0 aromatic rings. The molecule has 84 valence electrons. The largest absolute Gasteiger partial charge is 0.317 e. The van der Waals surface area contributed by atoms with Gasteiger partial charge in [0.25, 0.3) is 0 Å². The van der Waals surface area contributed by atoms with Crippen molar-refractivity contribution in [3.05, 3.63) is 0 Å². The van der Waals surface area contributed by atoms with Crippen LogP contribution in [-0.4, -0.2) is 39.2 Å². The van der Waals surface area contributed by atoms with E-state index in [1.807, 2.05) is 0 Å². The summed E-state index contributed by atoms with van der Waals surface area (Å²) in [5.74, 6) is -0.0382. The van der Waals surface area contributed by atoms with Gasteiger partial charge in [-0.05, 0) is 38.8 Å². The van der Waals surface area contributed by atoms with Gasteiger partial charge >= 0.3 is 0 Å². The van der Waals surface area contributed by atoms with Crippen LogP contribution in [0.4, 0.5) is 4.39 Å². The van der Waals surface area contributed by atoms with Gasteiger partial charge in [0.15, 0.2) is 0 Å². The molecular formula is C9H18FNO2S. The molecule has 1 N–H and O–H groups in total. The zero-order valence-corrected chi connectivity index (χ0v) is 9.37. The van der Waals surface area contributed by atoms with E-state index in [2.05, 4.69) is 5.32 Å². The minimum Gasteiger partial charge on any atom is -0.317 e. The summed E-state index contributed by atoms with van der Waals surface area (Å²) in [6, 6.07) is 0. The van der Waals surface area contributed by atoms with E-state index in [-0.39, 0.29) is 12.2 Å². The lowest BCUT2D eigenvalue weighted by atomic mass is 9.94. The van der Waals surface area contributed by atoms with E-state index >= 15 is 0 Å². The quantitative estimate of drug-likeness (QED) is 0.773. The summed E-state index contributed by atoms with van der Waals surface area (Å²) in [5, 5.41) is 3.11. The van der Waals surface area contributed by atoms with Crippen molar-refractivity contribution in [1.29, 1.82) is 0 Å². The molecule has 1 heterocycles. The van der Waals surface area contributed by atoms with Crippen LogP contribution in [0.15, 0.2) is 0 Å². The lowest BCUT2D eigenvalue weighted by Gasteiger charge is -2.22. The molecule has 0 aromatic heterocycles. The first-order chi connectivity index (χ1) is 6.41. The first-order valence-corrected chi connectivity index (χ1v) is 7.05. The van der Waals surface area contributed by atoms with Crippen LogP contribution in [0.5, 0.6) is 0 Å². The van der Waals surface area contributed by atoms with Crippen molar-refractivity contribution in [3.63, 3.8) is 0 Å². The van der Waals surface area contributed by atoms with Crippen molar-refractivity contribution in [3.8, 4) is 0 Å². The first-order valence-electron chi connectivity index (χ1n) is 4.99. The van der Waals surface area contributed by atoms with E-state index in [0.717, 1.165) is 19.2 Å². The molecule has 1 aliphatic rings. The van der Waals surface area contributed by atoms with Crippen LogP contribution in [0, 0.1) is 0 Å². The second-order valence-electron chi connectivity index (χ2n) is 4.13. The van der Waals surface area contributed by atoms with Crippen molar-refractivity contribution in [2.75, 3.05) is 25.1 Å². The summed E-state index contributed by atoms with van der Waals surface area (Å²) in [4.78, 5) is 0. The normalized spacial score (nSPS) is 29.9. The van der Waals surface area contributed by atoms with E-state index in [0.29, 0.717) is 19.4 Å². The first kappa shape index (κ1) is 11.9. The van der Waals surface area contributed by atoms with Gasteiger partial charge in [0.2, 0.25) is 0 Å². The van der Waals surface area contributed by atoms with Gasteiger partial charge in [0.05, 0.1) is 5.75 Å². The maximum absolute atomic E-state index is 14.1. The number of halogens is 1. The standard InChI is InChI=1S/C9H18FNO2S/c1-14(12,13)8-5-9(10)3-2-6-11-7-4-9/h11H,2-8H2,1H3. The summed E-state index contributed by atoms with van der Waals surface area (Å²) in [7, 11) is -3.03. The zero-order valence-electron chi connectivity index (χ0n) is 8.55. The van der Waals surface area contributed by atoms with E-state index in [9.17, 15) is 12.8 Å². The third-order valence-electron chi connectivity index (χ3n) is 2.65. The smallest absolute Gasteiger partial charge is 0.147 e. The van der Waals surface area contributed by atoms with Crippen LogP contribution in [0.3, 0.4) is 0 Å². The van der Waals surface area contributed by atoms with Crippen LogP contribution in [0.2, 0.25) is 0 Å². The number of hydrogen-bond donors (Lipinski definition) is 1. The molecular weight excluding hydrogens is 205 g/mol. The SMILES string of the molecule is CS(=O)(=O)CCC1(F)CCCNCC1. The highest BCUT2D eigenvalue weighted by molar-refractivity contribution is 7.90. The van der Waals surface area contributed by atoms with Crippen molar-refractivity contribution >= 4 is 9.84 Å². The van der Waals surface area contributed by atoms with Crippen LogP contribution in [0.1, 0.15) is 25.7 Å². The van der Waals surface area contributed by atoms with Crippen molar-refractivity contribution in [2.24, 2.45) is 0 Å². The van der Waals surface area contributed by atoms with Gasteiger partial charge < -0.3 is 5.32 Å². The molecule has 1 unspecified atom stereocenters.